The minimum absolute atomic E-state index is 0.0146. The van der Waals surface area contributed by atoms with E-state index in [4.69, 9.17) is 4.74 Å². The molecule has 0 bridgehead atoms. The van der Waals surface area contributed by atoms with E-state index in [0.717, 1.165) is 30.6 Å². The summed E-state index contributed by atoms with van der Waals surface area (Å²) < 4.78 is 5.84. The van der Waals surface area contributed by atoms with Crippen molar-refractivity contribution >= 4 is 33.8 Å². The smallest absolute Gasteiger partial charge is 0.258 e. The normalized spacial score (nSPS) is 12.6. The first kappa shape index (κ1) is 24.8. The van der Waals surface area contributed by atoms with Crippen molar-refractivity contribution in [2.75, 3.05) is 10.6 Å². The standard InChI is InChI=1S/C31H30N2O3S/c1-31(2,3)21-14-12-20(13-15-21)28(34)33-30-27(25-10-7-11-26(25)37-30)29(35)32-22-16-18-24(19-17-22)36-23-8-5-4-6-9-23/h4-6,8-9,12-19H,7,10-11H2,1-3H3,(H,32,35)(H,33,34). The molecule has 4 aromatic rings. The van der Waals surface area contributed by atoms with Crippen LogP contribution in [0.25, 0.3) is 0 Å². The predicted molar refractivity (Wildman–Crippen MR) is 150 cm³/mol. The van der Waals surface area contributed by atoms with E-state index in [-0.39, 0.29) is 17.2 Å². The summed E-state index contributed by atoms with van der Waals surface area (Å²) in [7, 11) is 0. The van der Waals surface area contributed by atoms with Gasteiger partial charge < -0.3 is 15.4 Å². The lowest BCUT2D eigenvalue weighted by Crippen LogP contribution is -2.18. The molecule has 37 heavy (non-hydrogen) atoms. The van der Waals surface area contributed by atoms with Crippen molar-refractivity contribution in [2.45, 2.75) is 45.4 Å². The van der Waals surface area contributed by atoms with Crippen LogP contribution < -0.4 is 15.4 Å². The summed E-state index contributed by atoms with van der Waals surface area (Å²) in [5, 5.41) is 6.63. The number of carbonyl (C=O) groups excluding carboxylic acids is 2. The molecule has 1 heterocycles. The van der Waals surface area contributed by atoms with Crippen LogP contribution >= 0.6 is 11.3 Å². The van der Waals surface area contributed by atoms with E-state index < -0.39 is 0 Å². The van der Waals surface area contributed by atoms with Crippen molar-refractivity contribution < 1.29 is 14.3 Å². The third kappa shape index (κ3) is 5.59. The van der Waals surface area contributed by atoms with Crippen molar-refractivity contribution in [3.8, 4) is 11.5 Å². The molecule has 1 aliphatic carbocycles. The Bertz CT molecular complexity index is 1420. The minimum atomic E-state index is -0.213. The van der Waals surface area contributed by atoms with Crippen LogP contribution in [0.5, 0.6) is 11.5 Å². The van der Waals surface area contributed by atoms with Crippen LogP contribution in [0, 0.1) is 0 Å². The molecule has 0 radical (unpaired) electrons. The van der Waals surface area contributed by atoms with Gasteiger partial charge in [0.1, 0.15) is 16.5 Å². The number of amides is 2. The van der Waals surface area contributed by atoms with Crippen molar-refractivity contribution in [1.82, 2.24) is 0 Å². The molecule has 0 fully saturated rings. The molecule has 5 rings (SSSR count). The number of rotatable bonds is 6. The van der Waals surface area contributed by atoms with Crippen molar-refractivity contribution in [3.05, 3.63) is 106 Å². The number of hydrogen-bond acceptors (Lipinski definition) is 4. The van der Waals surface area contributed by atoms with Crippen molar-refractivity contribution in [1.29, 1.82) is 0 Å². The number of carbonyl (C=O) groups is 2. The highest BCUT2D eigenvalue weighted by atomic mass is 32.1. The number of benzene rings is 3. The summed E-state index contributed by atoms with van der Waals surface area (Å²) in [4.78, 5) is 27.7. The molecule has 1 aromatic heterocycles. The van der Waals surface area contributed by atoms with Crippen molar-refractivity contribution in [2.24, 2.45) is 0 Å². The monoisotopic (exact) mass is 510 g/mol. The maximum Gasteiger partial charge on any atom is 0.258 e. The van der Waals surface area contributed by atoms with Gasteiger partial charge in [0, 0.05) is 16.1 Å². The number of nitrogens with one attached hydrogen (secondary N) is 2. The average Bonchev–Trinajstić information content (AvgIpc) is 3.46. The van der Waals surface area contributed by atoms with E-state index in [2.05, 4.69) is 31.4 Å². The molecule has 188 valence electrons. The first-order valence-corrected chi connectivity index (χ1v) is 13.3. The Labute approximate surface area is 221 Å². The number of thiophene rings is 1. The van der Waals surface area contributed by atoms with Crippen molar-refractivity contribution in [3.63, 3.8) is 0 Å². The zero-order valence-corrected chi connectivity index (χ0v) is 22.1. The molecule has 0 spiro atoms. The van der Waals surface area contributed by atoms with E-state index in [1.807, 2.05) is 78.9 Å². The first-order valence-electron chi connectivity index (χ1n) is 12.5. The van der Waals surface area contributed by atoms with Gasteiger partial charge in [0.25, 0.3) is 11.8 Å². The SMILES string of the molecule is CC(C)(C)c1ccc(C(=O)Nc2sc3c(c2C(=O)Nc2ccc(Oc4ccccc4)cc2)CCC3)cc1. The maximum absolute atomic E-state index is 13.4. The van der Waals surface area contributed by atoms with Crippen LogP contribution in [0.1, 0.15) is 63.9 Å². The minimum Gasteiger partial charge on any atom is -0.457 e. The molecule has 0 atom stereocenters. The number of aryl methyl sites for hydroxylation is 1. The van der Waals surface area contributed by atoms with Gasteiger partial charge in [0.2, 0.25) is 0 Å². The lowest BCUT2D eigenvalue weighted by Gasteiger charge is -2.19. The van der Waals surface area contributed by atoms with Gasteiger partial charge in [-0.15, -0.1) is 11.3 Å². The third-order valence-electron chi connectivity index (χ3n) is 6.48. The molecule has 0 aliphatic heterocycles. The Morgan fingerprint density at radius 1 is 0.784 bits per heavy atom. The topological polar surface area (TPSA) is 67.4 Å². The Hall–Kier alpha value is -3.90. The average molecular weight is 511 g/mol. The van der Waals surface area contributed by atoms with Gasteiger partial charge in [-0.2, -0.15) is 0 Å². The summed E-state index contributed by atoms with van der Waals surface area (Å²) in [5.74, 6) is 1.01. The molecule has 0 saturated heterocycles. The largest absolute Gasteiger partial charge is 0.457 e. The van der Waals surface area contributed by atoms with Gasteiger partial charge in [0.15, 0.2) is 0 Å². The third-order valence-corrected chi connectivity index (χ3v) is 7.69. The lowest BCUT2D eigenvalue weighted by atomic mass is 9.87. The van der Waals surface area contributed by atoms with Crippen LogP contribution in [0.3, 0.4) is 0 Å². The van der Waals surface area contributed by atoms with Crippen LogP contribution in [-0.2, 0) is 18.3 Å². The zero-order valence-electron chi connectivity index (χ0n) is 21.3. The van der Waals surface area contributed by atoms with Gasteiger partial charge in [-0.25, -0.2) is 0 Å². The van der Waals surface area contributed by atoms with E-state index in [9.17, 15) is 9.59 Å². The molecule has 2 amide bonds. The molecule has 5 nitrogen and oxygen atoms in total. The summed E-state index contributed by atoms with van der Waals surface area (Å²) in [6.07, 6.45) is 2.80. The summed E-state index contributed by atoms with van der Waals surface area (Å²) in [5.41, 5.74) is 4.03. The fraction of sp³-hybridized carbons (Fsp3) is 0.226. The molecule has 3 aromatic carbocycles. The van der Waals surface area contributed by atoms with E-state index >= 15 is 0 Å². The molecule has 6 heteroatoms. The molecule has 0 unspecified atom stereocenters. The Balaban J connectivity index is 1.32. The second-order valence-corrected chi connectivity index (χ2v) is 11.3. The maximum atomic E-state index is 13.4. The quantitative estimate of drug-likeness (QED) is 0.278. The van der Waals surface area contributed by atoms with Crippen LogP contribution in [0.2, 0.25) is 0 Å². The van der Waals surface area contributed by atoms with Gasteiger partial charge in [-0.05, 0) is 84.3 Å². The second-order valence-electron chi connectivity index (χ2n) is 10.2. The van der Waals surface area contributed by atoms with Gasteiger partial charge in [-0.1, -0.05) is 51.1 Å². The summed E-state index contributed by atoms with van der Waals surface area (Å²) in [6.45, 7) is 6.43. The Morgan fingerprint density at radius 2 is 1.46 bits per heavy atom. The fourth-order valence-corrected chi connectivity index (χ4v) is 5.74. The number of hydrogen-bond donors (Lipinski definition) is 2. The molecule has 2 N–H and O–H groups in total. The predicted octanol–water partition coefficient (Wildman–Crippen LogP) is 7.83. The highest BCUT2D eigenvalue weighted by Gasteiger charge is 2.28. The summed E-state index contributed by atoms with van der Waals surface area (Å²) in [6, 6.07) is 24.5. The van der Waals surface area contributed by atoms with Crippen LogP contribution in [0.15, 0.2) is 78.9 Å². The Morgan fingerprint density at radius 3 is 2.14 bits per heavy atom. The van der Waals surface area contributed by atoms with Crippen LogP contribution in [0.4, 0.5) is 10.7 Å². The molecular formula is C31H30N2O3S. The van der Waals surface area contributed by atoms with E-state index in [1.54, 1.807) is 0 Å². The van der Waals surface area contributed by atoms with Gasteiger partial charge >= 0.3 is 0 Å². The number of para-hydroxylation sites is 1. The summed E-state index contributed by atoms with van der Waals surface area (Å²) >= 11 is 1.51. The molecule has 1 aliphatic rings. The van der Waals surface area contributed by atoms with E-state index in [1.165, 1.54) is 21.8 Å². The highest BCUT2D eigenvalue weighted by Crippen LogP contribution is 2.40. The van der Waals surface area contributed by atoms with Gasteiger partial charge in [-0.3, -0.25) is 9.59 Å². The first-order chi connectivity index (χ1) is 17.8. The van der Waals surface area contributed by atoms with E-state index in [0.29, 0.717) is 27.6 Å². The second kappa shape index (κ2) is 10.2. The molecule has 0 saturated carbocycles. The lowest BCUT2D eigenvalue weighted by molar-refractivity contribution is 0.102. The molecular weight excluding hydrogens is 480 g/mol. The number of anilines is 2. The van der Waals surface area contributed by atoms with Gasteiger partial charge in [0.05, 0.1) is 5.56 Å². The Kier molecular flexibility index (Phi) is 6.85. The zero-order chi connectivity index (χ0) is 26.0. The fourth-order valence-electron chi connectivity index (χ4n) is 4.45. The highest BCUT2D eigenvalue weighted by molar-refractivity contribution is 7.17. The number of fused-ring (bicyclic) bond motifs is 1. The number of ether oxygens (including phenoxy) is 1. The van der Waals surface area contributed by atoms with Crippen LogP contribution in [-0.4, -0.2) is 11.8 Å².